The fraction of sp³-hybridized carbons (Fsp3) is 0.684. The number of piperidine rings is 1. The number of thioether (sulfide) groups is 1. The molecule has 0 radical (unpaired) electrons. The van der Waals surface area contributed by atoms with Crippen LogP contribution in [0.1, 0.15) is 36.8 Å². The van der Waals surface area contributed by atoms with E-state index >= 15 is 0 Å². The summed E-state index contributed by atoms with van der Waals surface area (Å²) < 4.78 is 28.5. The van der Waals surface area contributed by atoms with Crippen LogP contribution in [0.15, 0.2) is 23.1 Å². The van der Waals surface area contributed by atoms with E-state index in [1.807, 2.05) is 37.7 Å². The zero-order valence-corrected chi connectivity index (χ0v) is 17.0. The first kappa shape index (κ1) is 19.2. The van der Waals surface area contributed by atoms with Crippen molar-refractivity contribution in [3.63, 3.8) is 0 Å². The first-order valence-electron chi connectivity index (χ1n) is 9.38. The van der Waals surface area contributed by atoms with Gasteiger partial charge in [-0.3, -0.25) is 0 Å². The first-order valence-corrected chi connectivity index (χ1v) is 12.0. The molecule has 0 amide bonds. The topological polar surface area (TPSA) is 40.6 Å². The van der Waals surface area contributed by atoms with E-state index in [-0.39, 0.29) is 6.04 Å². The molecule has 1 unspecified atom stereocenters. The summed E-state index contributed by atoms with van der Waals surface area (Å²) in [6.45, 7) is 7.74. The maximum Gasteiger partial charge on any atom is 0.243 e. The third kappa shape index (κ3) is 4.59. The molecule has 0 bridgehead atoms. The average Bonchev–Trinajstić information content (AvgIpc) is 2.84. The number of nitrogens with zero attached hydrogens (tertiary/aromatic N) is 2. The van der Waals surface area contributed by atoms with Crippen LogP contribution in [0.5, 0.6) is 0 Å². The molecule has 2 fully saturated rings. The monoisotopic (exact) mass is 382 g/mol. The van der Waals surface area contributed by atoms with Gasteiger partial charge in [-0.2, -0.15) is 16.1 Å². The van der Waals surface area contributed by atoms with Crippen LogP contribution in [-0.2, 0) is 10.0 Å². The van der Waals surface area contributed by atoms with Gasteiger partial charge in [0.15, 0.2) is 0 Å². The Morgan fingerprint density at radius 2 is 1.80 bits per heavy atom. The van der Waals surface area contributed by atoms with Gasteiger partial charge < -0.3 is 4.90 Å². The van der Waals surface area contributed by atoms with Crippen LogP contribution in [-0.4, -0.2) is 61.3 Å². The quantitative estimate of drug-likeness (QED) is 0.801. The Bertz CT molecular complexity index is 685. The molecule has 1 aromatic rings. The van der Waals surface area contributed by atoms with Gasteiger partial charge in [0.25, 0.3) is 0 Å². The van der Waals surface area contributed by atoms with E-state index < -0.39 is 10.0 Å². The summed E-state index contributed by atoms with van der Waals surface area (Å²) in [7, 11) is -3.43. The molecule has 0 N–H and O–H groups in total. The van der Waals surface area contributed by atoms with Crippen molar-refractivity contribution in [2.24, 2.45) is 0 Å². The van der Waals surface area contributed by atoms with Gasteiger partial charge in [0.2, 0.25) is 10.0 Å². The molecule has 2 heterocycles. The second kappa shape index (κ2) is 8.42. The van der Waals surface area contributed by atoms with Crippen LogP contribution < -0.4 is 0 Å². The van der Waals surface area contributed by atoms with E-state index in [1.54, 1.807) is 10.4 Å². The minimum absolute atomic E-state index is 0.0807. The van der Waals surface area contributed by atoms with Crippen LogP contribution in [0.2, 0.25) is 0 Å². The Labute approximate surface area is 157 Å². The van der Waals surface area contributed by atoms with Gasteiger partial charge in [-0.05, 0) is 75.2 Å². The van der Waals surface area contributed by atoms with Crippen molar-refractivity contribution in [3.8, 4) is 0 Å². The number of benzene rings is 1. The maximum atomic E-state index is 13.4. The summed E-state index contributed by atoms with van der Waals surface area (Å²) in [4.78, 5) is 2.91. The highest BCUT2D eigenvalue weighted by molar-refractivity contribution is 7.99. The molecule has 0 aromatic heterocycles. The van der Waals surface area contributed by atoms with Crippen LogP contribution in [0, 0.1) is 13.8 Å². The minimum atomic E-state index is -3.43. The lowest BCUT2D eigenvalue weighted by molar-refractivity contribution is 0.183. The third-order valence-corrected chi connectivity index (χ3v) is 8.53. The maximum absolute atomic E-state index is 13.4. The molecule has 2 aliphatic rings. The van der Waals surface area contributed by atoms with Crippen molar-refractivity contribution >= 4 is 21.8 Å². The fourth-order valence-corrected chi connectivity index (χ4v) is 6.61. The smallest absolute Gasteiger partial charge is 0.243 e. The van der Waals surface area contributed by atoms with E-state index in [2.05, 4.69) is 4.90 Å². The van der Waals surface area contributed by atoms with Crippen molar-refractivity contribution in [3.05, 3.63) is 29.3 Å². The van der Waals surface area contributed by atoms with Gasteiger partial charge >= 0.3 is 0 Å². The molecular formula is C19H30N2O2S2. The van der Waals surface area contributed by atoms with E-state index in [0.717, 1.165) is 48.7 Å². The molecule has 0 saturated carbocycles. The molecule has 1 atom stereocenters. The molecular weight excluding hydrogens is 352 g/mol. The van der Waals surface area contributed by atoms with Gasteiger partial charge in [0.05, 0.1) is 4.90 Å². The zero-order chi connectivity index (χ0) is 17.9. The van der Waals surface area contributed by atoms with Gasteiger partial charge in [0, 0.05) is 24.9 Å². The molecule has 25 heavy (non-hydrogen) atoms. The number of sulfonamides is 1. The molecule has 1 aromatic carbocycles. The second-order valence-electron chi connectivity index (χ2n) is 7.31. The molecule has 2 saturated heterocycles. The lowest BCUT2D eigenvalue weighted by Gasteiger charge is -2.35. The average molecular weight is 383 g/mol. The predicted molar refractivity (Wildman–Crippen MR) is 106 cm³/mol. The zero-order valence-electron chi connectivity index (χ0n) is 15.4. The molecule has 2 aliphatic heterocycles. The Kier molecular flexibility index (Phi) is 6.47. The Morgan fingerprint density at radius 3 is 2.52 bits per heavy atom. The van der Waals surface area contributed by atoms with E-state index in [1.165, 1.54) is 19.3 Å². The van der Waals surface area contributed by atoms with Crippen molar-refractivity contribution in [2.75, 3.05) is 37.7 Å². The summed E-state index contributed by atoms with van der Waals surface area (Å²) in [5, 5.41) is 0. The van der Waals surface area contributed by atoms with Gasteiger partial charge in [-0.1, -0.05) is 12.5 Å². The molecule has 140 valence electrons. The van der Waals surface area contributed by atoms with Crippen molar-refractivity contribution < 1.29 is 8.42 Å². The number of aryl methyl sites for hydroxylation is 2. The van der Waals surface area contributed by atoms with Gasteiger partial charge in [-0.25, -0.2) is 8.42 Å². The van der Waals surface area contributed by atoms with Crippen LogP contribution in [0.3, 0.4) is 0 Å². The van der Waals surface area contributed by atoms with Crippen LogP contribution >= 0.6 is 11.8 Å². The number of rotatable bonds is 4. The lowest BCUT2D eigenvalue weighted by atomic mass is 10.1. The Morgan fingerprint density at radius 1 is 1.04 bits per heavy atom. The Balaban J connectivity index is 1.84. The highest BCUT2D eigenvalue weighted by atomic mass is 32.2. The normalized spacial score (nSPS) is 24.2. The van der Waals surface area contributed by atoms with Gasteiger partial charge in [-0.15, -0.1) is 0 Å². The largest absolute Gasteiger partial charge is 0.302 e. The van der Waals surface area contributed by atoms with Crippen LogP contribution in [0.4, 0.5) is 0 Å². The fourth-order valence-electron chi connectivity index (χ4n) is 3.72. The van der Waals surface area contributed by atoms with Crippen molar-refractivity contribution in [1.82, 2.24) is 9.21 Å². The van der Waals surface area contributed by atoms with Crippen molar-refractivity contribution in [2.45, 2.75) is 50.5 Å². The second-order valence-corrected chi connectivity index (χ2v) is 10.3. The first-order chi connectivity index (χ1) is 12.0. The minimum Gasteiger partial charge on any atom is -0.302 e. The highest BCUT2D eigenvalue weighted by Gasteiger charge is 2.34. The summed E-state index contributed by atoms with van der Waals surface area (Å²) in [6, 6.07) is 5.61. The van der Waals surface area contributed by atoms with E-state index in [9.17, 15) is 8.42 Å². The highest BCUT2D eigenvalue weighted by Crippen LogP contribution is 2.26. The summed E-state index contributed by atoms with van der Waals surface area (Å²) in [5.74, 6) is 1.95. The van der Waals surface area contributed by atoms with Crippen molar-refractivity contribution in [1.29, 1.82) is 0 Å². The van der Waals surface area contributed by atoms with E-state index in [0.29, 0.717) is 11.4 Å². The molecule has 3 rings (SSSR count). The molecule has 6 heteroatoms. The summed E-state index contributed by atoms with van der Waals surface area (Å²) in [5.41, 5.74) is 2.17. The molecule has 4 nitrogen and oxygen atoms in total. The standard InChI is InChI=1S/C19H30N2O2S2/c1-16-7-8-19(13-17(16)2)25(22,23)21-11-6-12-24-15-18(21)14-20-9-4-3-5-10-20/h7-8,13,18H,3-6,9-12,14-15H2,1-2H3. The lowest BCUT2D eigenvalue weighted by Crippen LogP contribution is -2.49. The number of hydrogen-bond acceptors (Lipinski definition) is 4. The van der Waals surface area contributed by atoms with E-state index in [4.69, 9.17) is 0 Å². The number of hydrogen-bond donors (Lipinski definition) is 0. The predicted octanol–water partition coefficient (Wildman–Crippen LogP) is 3.29. The summed E-state index contributed by atoms with van der Waals surface area (Å²) in [6.07, 6.45) is 4.72. The number of likely N-dealkylation sites (tertiary alicyclic amines) is 1. The summed E-state index contributed by atoms with van der Waals surface area (Å²) >= 11 is 1.90. The third-order valence-electron chi connectivity index (χ3n) is 5.39. The molecule has 0 aliphatic carbocycles. The Hall–Kier alpha value is -0.560. The SMILES string of the molecule is Cc1ccc(S(=O)(=O)N2CCCSCC2CN2CCCCC2)cc1C. The molecule has 0 spiro atoms. The van der Waals surface area contributed by atoms with Gasteiger partial charge in [0.1, 0.15) is 0 Å². The van der Waals surface area contributed by atoms with Crippen LogP contribution in [0.25, 0.3) is 0 Å².